The highest BCUT2D eigenvalue weighted by molar-refractivity contribution is 5.82. The van der Waals surface area contributed by atoms with Gasteiger partial charge in [-0.05, 0) is 11.6 Å². The van der Waals surface area contributed by atoms with Gasteiger partial charge in [0.25, 0.3) is 0 Å². The second-order valence-electron chi connectivity index (χ2n) is 4.82. The molecule has 5 heteroatoms. The van der Waals surface area contributed by atoms with Crippen molar-refractivity contribution in [3.63, 3.8) is 0 Å². The van der Waals surface area contributed by atoms with Crippen LogP contribution in [0.3, 0.4) is 0 Å². The van der Waals surface area contributed by atoms with E-state index in [-0.39, 0.29) is 18.0 Å². The van der Waals surface area contributed by atoms with Crippen LogP contribution < -0.4 is 5.73 Å². The fraction of sp³-hybridized carbons (Fsp3) is 0.188. The molecule has 0 aliphatic rings. The summed E-state index contributed by atoms with van der Waals surface area (Å²) in [5.74, 6) is -1.65. The fourth-order valence-electron chi connectivity index (χ4n) is 2.02. The first-order chi connectivity index (χ1) is 9.99. The molecule has 0 aliphatic carbocycles. The number of amides is 1. The third kappa shape index (κ3) is 3.64. The van der Waals surface area contributed by atoms with Crippen molar-refractivity contribution >= 4 is 5.91 Å². The minimum absolute atomic E-state index is 0.0332. The largest absolute Gasteiger partial charge is 0.340 e. The van der Waals surface area contributed by atoms with Crippen molar-refractivity contribution in [2.75, 3.05) is 7.05 Å². The Morgan fingerprint density at radius 2 is 1.86 bits per heavy atom. The van der Waals surface area contributed by atoms with Crippen molar-refractivity contribution in [1.29, 1.82) is 0 Å². The molecule has 2 N–H and O–H groups in total. The van der Waals surface area contributed by atoms with Crippen LogP contribution >= 0.6 is 0 Å². The van der Waals surface area contributed by atoms with E-state index in [0.29, 0.717) is 5.56 Å². The summed E-state index contributed by atoms with van der Waals surface area (Å²) in [5, 5.41) is 0. The highest BCUT2D eigenvalue weighted by Gasteiger charge is 2.20. The molecular weight excluding hydrogens is 274 g/mol. The third-order valence-electron chi connectivity index (χ3n) is 3.22. The van der Waals surface area contributed by atoms with Gasteiger partial charge in [-0.25, -0.2) is 8.78 Å². The summed E-state index contributed by atoms with van der Waals surface area (Å²) in [5.41, 5.74) is 6.84. The molecule has 0 heterocycles. The van der Waals surface area contributed by atoms with Crippen molar-refractivity contribution in [1.82, 2.24) is 4.90 Å². The Bertz CT molecular complexity index is 631. The number of nitrogens with zero attached hydrogens (tertiary/aromatic N) is 1. The molecule has 2 aromatic carbocycles. The molecule has 2 rings (SSSR count). The molecule has 1 atom stereocenters. The zero-order valence-corrected chi connectivity index (χ0v) is 11.6. The molecule has 0 bridgehead atoms. The number of benzene rings is 2. The fourth-order valence-corrected chi connectivity index (χ4v) is 2.02. The van der Waals surface area contributed by atoms with Crippen LogP contribution in [0.15, 0.2) is 48.5 Å². The van der Waals surface area contributed by atoms with Gasteiger partial charge in [0.2, 0.25) is 5.91 Å². The standard InChI is InChI=1S/C16H16F2N2O/c1-20(10-12-7-8-13(17)9-14(12)18)16(21)15(19)11-5-3-2-4-6-11/h2-9,15H,10,19H2,1H3. The van der Waals surface area contributed by atoms with Crippen LogP contribution in [0, 0.1) is 11.6 Å². The molecule has 0 radical (unpaired) electrons. The Morgan fingerprint density at radius 3 is 2.48 bits per heavy atom. The average molecular weight is 290 g/mol. The molecule has 3 nitrogen and oxygen atoms in total. The second-order valence-corrected chi connectivity index (χ2v) is 4.82. The first-order valence-corrected chi connectivity index (χ1v) is 6.48. The number of rotatable bonds is 4. The van der Waals surface area contributed by atoms with Crippen molar-refractivity contribution in [2.24, 2.45) is 5.73 Å². The summed E-state index contributed by atoms with van der Waals surface area (Å²) in [6, 6.07) is 11.4. The molecule has 0 fully saturated rings. The maximum absolute atomic E-state index is 13.6. The molecule has 110 valence electrons. The number of hydrogen-bond acceptors (Lipinski definition) is 2. The summed E-state index contributed by atoms with van der Waals surface area (Å²) in [6.07, 6.45) is 0. The Morgan fingerprint density at radius 1 is 1.19 bits per heavy atom. The van der Waals surface area contributed by atoms with Crippen LogP contribution in [-0.2, 0) is 11.3 Å². The van der Waals surface area contributed by atoms with E-state index in [1.54, 1.807) is 24.3 Å². The molecule has 2 aromatic rings. The van der Waals surface area contributed by atoms with Crippen molar-refractivity contribution < 1.29 is 13.6 Å². The van der Waals surface area contributed by atoms with Gasteiger partial charge >= 0.3 is 0 Å². The molecule has 21 heavy (non-hydrogen) atoms. The van der Waals surface area contributed by atoms with Gasteiger partial charge < -0.3 is 10.6 Å². The lowest BCUT2D eigenvalue weighted by Crippen LogP contribution is -2.35. The van der Waals surface area contributed by atoms with Gasteiger partial charge in [0.1, 0.15) is 17.7 Å². The van der Waals surface area contributed by atoms with E-state index in [9.17, 15) is 13.6 Å². The topological polar surface area (TPSA) is 46.3 Å². The number of carbonyl (C=O) groups is 1. The Hall–Kier alpha value is -2.27. The molecular formula is C16H16F2N2O. The second kappa shape index (κ2) is 6.45. The van der Waals surface area contributed by atoms with Crippen LogP contribution in [-0.4, -0.2) is 17.9 Å². The van der Waals surface area contributed by atoms with Crippen LogP contribution in [0.4, 0.5) is 8.78 Å². The van der Waals surface area contributed by atoms with Gasteiger partial charge in [0.15, 0.2) is 0 Å². The van der Waals surface area contributed by atoms with Crippen LogP contribution in [0.1, 0.15) is 17.2 Å². The third-order valence-corrected chi connectivity index (χ3v) is 3.22. The van der Waals surface area contributed by atoms with Crippen molar-refractivity contribution in [3.8, 4) is 0 Å². The highest BCUT2D eigenvalue weighted by Crippen LogP contribution is 2.16. The average Bonchev–Trinajstić information content (AvgIpc) is 2.49. The van der Waals surface area contributed by atoms with Gasteiger partial charge in [-0.15, -0.1) is 0 Å². The molecule has 0 aromatic heterocycles. The highest BCUT2D eigenvalue weighted by atomic mass is 19.1. The normalized spacial score (nSPS) is 12.0. The number of carbonyl (C=O) groups excluding carboxylic acids is 1. The summed E-state index contributed by atoms with van der Waals surface area (Å²) < 4.78 is 26.4. The van der Waals surface area contributed by atoms with Crippen molar-refractivity contribution in [3.05, 3.63) is 71.3 Å². The smallest absolute Gasteiger partial charge is 0.244 e. The lowest BCUT2D eigenvalue weighted by molar-refractivity contribution is -0.132. The number of halogens is 2. The molecule has 0 spiro atoms. The van der Waals surface area contributed by atoms with E-state index in [0.717, 1.165) is 12.1 Å². The van der Waals surface area contributed by atoms with E-state index >= 15 is 0 Å². The molecule has 1 unspecified atom stereocenters. The zero-order valence-electron chi connectivity index (χ0n) is 11.6. The Balaban J connectivity index is 2.09. The molecule has 0 aliphatic heterocycles. The number of hydrogen-bond donors (Lipinski definition) is 1. The van der Waals surface area contributed by atoms with E-state index in [1.165, 1.54) is 18.0 Å². The van der Waals surface area contributed by atoms with Gasteiger partial charge in [-0.1, -0.05) is 36.4 Å². The van der Waals surface area contributed by atoms with Crippen LogP contribution in [0.2, 0.25) is 0 Å². The molecule has 1 amide bonds. The first kappa shape index (κ1) is 15.1. The van der Waals surface area contributed by atoms with Crippen LogP contribution in [0.5, 0.6) is 0 Å². The Labute approximate surface area is 122 Å². The minimum Gasteiger partial charge on any atom is -0.340 e. The Kier molecular flexibility index (Phi) is 4.65. The minimum atomic E-state index is -0.806. The summed E-state index contributed by atoms with van der Waals surface area (Å²) in [7, 11) is 1.54. The quantitative estimate of drug-likeness (QED) is 0.941. The monoisotopic (exact) mass is 290 g/mol. The van der Waals surface area contributed by atoms with E-state index in [4.69, 9.17) is 5.73 Å². The number of nitrogens with two attached hydrogens (primary N) is 1. The first-order valence-electron chi connectivity index (χ1n) is 6.48. The summed E-state index contributed by atoms with van der Waals surface area (Å²) >= 11 is 0. The molecule has 0 saturated carbocycles. The summed E-state index contributed by atoms with van der Waals surface area (Å²) in [6.45, 7) is 0.0332. The predicted molar refractivity (Wildman–Crippen MR) is 76.2 cm³/mol. The summed E-state index contributed by atoms with van der Waals surface area (Å²) in [4.78, 5) is 13.6. The zero-order chi connectivity index (χ0) is 15.4. The van der Waals surface area contributed by atoms with Gasteiger partial charge in [-0.2, -0.15) is 0 Å². The maximum atomic E-state index is 13.6. The van der Waals surface area contributed by atoms with Gasteiger partial charge in [0.05, 0.1) is 0 Å². The SMILES string of the molecule is CN(Cc1ccc(F)cc1F)C(=O)C(N)c1ccccc1. The lowest BCUT2D eigenvalue weighted by Gasteiger charge is -2.22. The molecule has 0 saturated heterocycles. The predicted octanol–water partition coefficient (Wildman–Crippen LogP) is 2.62. The van der Waals surface area contributed by atoms with E-state index in [2.05, 4.69) is 0 Å². The van der Waals surface area contributed by atoms with Gasteiger partial charge in [-0.3, -0.25) is 4.79 Å². The van der Waals surface area contributed by atoms with Gasteiger partial charge in [0, 0.05) is 25.2 Å². The van der Waals surface area contributed by atoms with Crippen LogP contribution in [0.25, 0.3) is 0 Å². The van der Waals surface area contributed by atoms with E-state index < -0.39 is 17.7 Å². The van der Waals surface area contributed by atoms with Crippen molar-refractivity contribution in [2.45, 2.75) is 12.6 Å². The number of likely N-dealkylation sites (N-methyl/N-ethyl adjacent to an activating group) is 1. The van der Waals surface area contributed by atoms with E-state index in [1.807, 2.05) is 6.07 Å². The lowest BCUT2D eigenvalue weighted by atomic mass is 10.1. The maximum Gasteiger partial charge on any atom is 0.244 e.